The number of nitrogens with zero attached hydrogens (tertiary/aromatic N) is 2. The van der Waals surface area contributed by atoms with Gasteiger partial charge in [0, 0.05) is 12.1 Å². The lowest BCUT2D eigenvalue weighted by Gasteiger charge is -2.21. The molecule has 0 saturated carbocycles. The number of aliphatic carboxylic acids is 1. The highest BCUT2D eigenvalue weighted by atomic mass is 16.5. The summed E-state index contributed by atoms with van der Waals surface area (Å²) in [5.41, 5.74) is 3.90. The summed E-state index contributed by atoms with van der Waals surface area (Å²) in [6, 6.07) is 15.4. The maximum atomic E-state index is 11.4. The molecule has 0 spiro atoms. The molecule has 0 aliphatic carbocycles. The van der Waals surface area contributed by atoms with Crippen molar-refractivity contribution in [3.8, 4) is 17.2 Å². The molecule has 1 atom stereocenters. The molecule has 0 radical (unpaired) electrons. The molecular formula is C24H26N2O4. The van der Waals surface area contributed by atoms with E-state index in [1.54, 1.807) is 0 Å². The van der Waals surface area contributed by atoms with E-state index >= 15 is 0 Å². The Labute approximate surface area is 176 Å². The van der Waals surface area contributed by atoms with Gasteiger partial charge in [0.2, 0.25) is 5.89 Å². The van der Waals surface area contributed by atoms with Crippen LogP contribution in [0.2, 0.25) is 0 Å². The van der Waals surface area contributed by atoms with E-state index in [-0.39, 0.29) is 0 Å². The van der Waals surface area contributed by atoms with Crippen molar-refractivity contribution >= 4 is 5.97 Å². The van der Waals surface area contributed by atoms with E-state index in [1.807, 2.05) is 67.3 Å². The number of hydrogen-bond acceptors (Lipinski definition) is 5. The number of benzene rings is 2. The minimum atomic E-state index is -0.745. The first-order valence-electron chi connectivity index (χ1n) is 10.2. The Kier molecular flexibility index (Phi) is 5.86. The number of carboxylic acid groups (broad SMARTS) is 1. The second kappa shape index (κ2) is 8.71. The van der Waals surface area contributed by atoms with Gasteiger partial charge in [0.15, 0.2) is 0 Å². The Morgan fingerprint density at radius 2 is 2.07 bits per heavy atom. The summed E-state index contributed by atoms with van der Waals surface area (Å²) < 4.78 is 11.8. The van der Waals surface area contributed by atoms with Crippen molar-refractivity contribution in [2.45, 2.75) is 45.9 Å². The topological polar surface area (TPSA) is 75.8 Å². The lowest BCUT2D eigenvalue weighted by molar-refractivity contribution is -0.142. The third kappa shape index (κ3) is 4.39. The second-order valence-electron chi connectivity index (χ2n) is 7.74. The zero-order valence-corrected chi connectivity index (χ0v) is 17.3. The molecule has 1 saturated heterocycles. The SMILES string of the molecule is Cc1ccccc1-c1nc(COc2cccc(CN3CCC[C@H]3C(=O)O)c2)c(C)o1. The third-order valence-electron chi connectivity index (χ3n) is 5.58. The van der Waals surface area contributed by atoms with E-state index in [2.05, 4.69) is 4.98 Å². The van der Waals surface area contributed by atoms with E-state index in [1.165, 1.54) is 0 Å². The second-order valence-corrected chi connectivity index (χ2v) is 7.74. The highest BCUT2D eigenvalue weighted by molar-refractivity contribution is 5.73. The fraction of sp³-hybridized carbons (Fsp3) is 0.333. The van der Waals surface area contributed by atoms with Crippen LogP contribution >= 0.6 is 0 Å². The van der Waals surface area contributed by atoms with Crippen LogP contribution in [-0.4, -0.2) is 33.5 Å². The Bertz CT molecular complexity index is 1040. The van der Waals surface area contributed by atoms with E-state index in [0.717, 1.165) is 46.9 Å². The van der Waals surface area contributed by atoms with Crippen LogP contribution in [0.15, 0.2) is 52.9 Å². The highest BCUT2D eigenvalue weighted by Crippen LogP contribution is 2.26. The van der Waals surface area contributed by atoms with Gasteiger partial charge in [-0.2, -0.15) is 0 Å². The van der Waals surface area contributed by atoms with E-state index in [9.17, 15) is 9.90 Å². The van der Waals surface area contributed by atoms with E-state index in [0.29, 0.717) is 25.5 Å². The van der Waals surface area contributed by atoms with Crippen molar-refractivity contribution in [2.75, 3.05) is 6.54 Å². The Balaban J connectivity index is 1.43. The molecule has 0 amide bonds. The van der Waals surface area contributed by atoms with Crippen LogP contribution in [-0.2, 0) is 17.9 Å². The summed E-state index contributed by atoms with van der Waals surface area (Å²) in [7, 11) is 0. The number of aromatic nitrogens is 1. The summed E-state index contributed by atoms with van der Waals surface area (Å²) in [4.78, 5) is 18.0. The number of oxazole rings is 1. The first kappa shape index (κ1) is 20.2. The average Bonchev–Trinajstić information content (AvgIpc) is 3.33. The van der Waals surface area contributed by atoms with Crippen LogP contribution < -0.4 is 4.74 Å². The van der Waals surface area contributed by atoms with Crippen molar-refractivity contribution in [3.63, 3.8) is 0 Å². The van der Waals surface area contributed by atoms with Crippen molar-refractivity contribution in [1.82, 2.24) is 9.88 Å². The normalized spacial score (nSPS) is 16.7. The van der Waals surface area contributed by atoms with Crippen molar-refractivity contribution in [1.29, 1.82) is 0 Å². The fourth-order valence-electron chi connectivity index (χ4n) is 3.90. The zero-order chi connectivity index (χ0) is 21.1. The number of likely N-dealkylation sites (tertiary alicyclic amines) is 1. The van der Waals surface area contributed by atoms with Gasteiger partial charge >= 0.3 is 5.97 Å². The van der Waals surface area contributed by atoms with Gasteiger partial charge in [-0.1, -0.05) is 30.3 Å². The summed E-state index contributed by atoms with van der Waals surface area (Å²) in [6.07, 6.45) is 1.63. The lowest BCUT2D eigenvalue weighted by atomic mass is 10.1. The smallest absolute Gasteiger partial charge is 0.320 e. The van der Waals surface area contributed by atoms with Gasteiger partial charge < -0.3 is 14.3 Å². The fourth-order valence-corrected chi connectivity index (χ4v) is 3.90. The van der Waals surface area contributed by atoms with Crippen LogP contribution in [0.1, 0.15) is 35.4 Å². The number of hydrogen-bond donors (Lipinski definition) is 1. The molecule has 6 heteroatoms. The predicted octanol–water partition coefficient (Wildman–Crippen LogP) is 4.59. The molecule has 3 aromatic rings. The van der Waals surface area contributed by atoms with E-state index in [4.69, 9.17) is 9.15 Å². The first-order chi connectivity index (χ1) is 14.5. The maximum absolute atomic E-state index is 11.4. The van der Waals surface area contributed by atoms with Crippen LogP contribution in [0.5, 0.6) is 5.75 Å². The molecule has 156 valence electrons. The van der Waals surface area contributed by atoms with Crippen LogP contribution in [0.4, 0.5) is 0 Å². The number of ether oxygens (including phenoxy) is 1. The van der Waals surface area contributed by atoms with Crippen LogP contribution in [0.25, 0.3) is 11.5 Å². The highest BCUT2D eigenvalue weighted by Gasteiger charge is 2.30. The van der Waals surface area contributed by atoms with Crippen LogP contribution in [0, 0.1) is 13.8 Å². The molecule has 1 aliphatic heterocycles. The number of carbonyl (C=O) groups is 1. The molecule has 30 heavy (non-hydrogen) atoms. The number of aryl methyl sites for hydroxylation is 2. The molecule has 0 bridgehead atoms. The molecule has 1 aromatic heterocycles. The minimum absolute atomic E-state index is 0.312. The third-order valence-corrected chi connectivity index (χ3v) is 5.58. The molecule has 4 rings (SSSR count). The largest absolute Gasteiger partial charge is 0.487 e. The Hall–Kier alpha value is -3.12. The molecule has 2 aromatic carbocycles. The quantitative estimate of drug-likeness (QED) is 0.619. The maximum Gasteiger partial charge on any atom is 0.320 e. The van der Waals surface area contributed by atoms with Gasteiger partial charge in [-0.3, -0.25) is 9.69 Å². The van der Waals surface area contributed by atoms with Gasteiger partial charge in [0.25, 0.3) is 0 Å². The van der Waals surface area contributed by atoms with Crippen molar-refractivity contribution < 1.29 is 19.1 Å². The van der Waals surface area contributed by atoms with Gasteiger partial charge in [0.05, 0.1) is 0 Å². The summed E-state index contributed by atoms with van der Waals surface area (Å²) >= 11 is 0. The molecule has 0 unspecified atom stereocenters. The number of carboxylic acids is 1. The molecule has 6 nitrogen and oxygen atoms in total. The van der Waals surface area contributed by atoms with Gasteiger partial charge in [-0.05, 0) is 62.6 Å². The zero-order valence-electron chi connectivity index (χ0n) is 17.3. The molecule has 1 fully saturated rings. The summed E-state index contributed by atoms with van der Waals surface area (Å²) in [5, 5.41) is 9.37. The van der Waals surface area contributed by atoms with Crippen LogP contribution in [0.3, 0.4) is 0 Å². The monoisotopic (exact) mass is 406 g/mol. The predicted molar refractivity (Wildman–Crippen MR) is 113 cm³/mol. The molecule has 1 aliphatic rings. The average molecular weight is 406 g/mol. The summed E-state index contributed by atoms with van der Waals surface area (Å²) in [5.74, 6) is 1.33. The molecule has 1 N–H and O–H groups in total. The standard InChI is InChI=1S/C24H26N2O4/c1-16-7-3-4-10-20(16)23-25-21(17(2)30-23)15-29-19-9-5-8-18(13-19)14-26-12-6-11-22(26)24(27)28/h3-5,7-10,13,22H,6,11-12,14-15H2,1-2H3,(H,27,28)/t22-/m0/s1. The van der Waals surface area contributed by atoms with Gasteiger partial charge in [-0.15, -0.1) is 0 Å². The van der Waals surface area contributed by atoms with Crippen molar-refractivity contribution in [3.05, 3.63) is 71.1 Å². The lowest BCUT2D eigenvalue weighted by Crippen LogP contribution is -2.35. The van der Waals surface area contributed by atoms with Gasteiger partial charge in [-0.25, -0.2) is 4.98 Å². The number of rotatable bonds is 7. The Morgan fingerprint density at radius 3 is 2.87 bits per heavy atom. The minimum Gasteiger partial charge on any atom is -0.487 e. The summed E-state index contributed by atoms with van der Waals surface area (Å²) in [6.45, 7) is 5.65. The molecular weight excluding hydrogens is 380 g/mol. The molecule has 2 heterocycles. The van der Waals surface area contributed by atoms with Crippen molar-refractivity contribution in [2.24, 2.45) is 0 Å². The van der Waals surface area contributed by atoms with Gasteiger partial charge in [0.1, 0.15) is 29.9 Å². The van der Waals surface area contributed by atoms with E-state index < -0.39 is 12.0 Å². The Morgan fingerprint density at radius 1 is 1.23 bits per heavy atom. The first-order valence-corrected chi connectivity index (χ1v) is 10.2.